The van der Waals surface area contributed by atoms with Crippen molar-refractivity contribution >= 4 is 5.69 Å². The summed E-state index contributed by atoms with van der Waals surface area (Å²) in [6.07, 6.45) is 3.55. The Labute approximate surface area is 122 Å². The minimum atomic E-state index is 0.432. The van der Waals surface area contributed by atoms with Crippen LogP contribution in [0.2, 0.25) is 0 Å². The zero-order valence-corrected chi connectivity index (χ0v) is 12.6. The van der Waals surface area contributed by atoms with Gasteiger partial charge in [0, 0.05) is 31.4 Å². The van der Waals surface area contributed by atoms with E-state index in [1.165, 1.54) is 43.9 Å². The first-order chi connectivity index (χ1) is 9.72. The van der Waals surface area contributed by atoms with Gasteiger partial charge in [-0.2, -0.15) is 0 Å². The smallest absolute Gasteiger partial charge is 0.0399 e. The fourth-order valence-corrected chi connectivity index (χ4v) is 3.56. The third kappa shape index (κ3) is 3.15. The van der Waals surface area contributed by atoms with E-state index in [-0.39, 0.29) is 0 Å². The zero-order chi connectivity index (χ0) is 13.9. The van der Waals surface area contributed by atoms with Crippen LogP contribution in [0.5, 0.6) is 0 Å². The molecule has 20 heavy (non-hydrogen) atoms. The molecular formula is C17H27N3. The molecule has 0 spiro atoms. The molecule has 3 nitrogen and oxygen atoms in total. The van der Waals surface area contributed by atoms with Gasteiger partial charge >= 0.3 is 0 Å². The van der Waals surface area contributed by atoms with E-state index < -0.39 is 0 Å². The molecule has 2 aliphatic rings. The third-order valence-corrected chi connectivity index (χ3v) is 4.75. The van der Waals surface area contributed by atoms with Crippen LogP contribution >= 0.6 is 0 Å². The monoisotopic (exact) mass is 273 g/mol. The van der Waals surface area contributed by atoms with E-state index in [1.54, 1.807) is 0 Å². The van der Waals surface area contributed by atoms with Gasteiger partial charge in [0.1, 0.15) is 0 Å². The molecule has 0 aromatic heterocycles. The molecule has 0 radical (unpaired) electrons. The highest BCUT2D eigenvalue weighted by molar-refractivity contribution is 5.55. The summed E-state index contributed by atoms with van der Waals surface area (Å²) in [5, 5.41) is 0. The van der Waals surface area contributed by atoms with E-state index in [0.29, 0.717) is 6.04 Å². The van der Waals surface area contributed by atoms with Gasteiger partial charge in [-0.3, -0.25) is 0 Å². The maximum Gasteiger partial charge on any atom is 0.0399 e. The van der Waals surface area contributed by atoms with Crippen molar-refractivity contribution in [2.24, 2.45) is 11.7 Å². The van der Waals surface area contributed by atoms with Crippen LogP contribution in [0, 0.1) is 5.92 Å². The molecule has 110 valence electrons. The van der Waals surface area contributed by atoms with Crippen molar-refractivity contribution in [1.82, 2.24) is 4.90 Å². The number of fused-ring (bicyclic) bond motifs is 1. The summed E-state index contributed by atoms with van der Waals surface area (Å²) in [4.78, 5) is 5.16. The predicted molar refractivity (Wildman–Crippen MR) is 85.2 cm³/mol. The fourth-order valence-electron chi connectivity index (χ4n) is 3.56. The zero-order valence-electron chi connectivity index (χ0n) is 12.6. The first kappa shape index (κ1) is 13.9. The van der Waals surface area contributed by atoms with Crippen LogP contribution in [0.15, 0.2) is 24.3 Å². The lowest BCUT2D eigenvalue weighted by molar-refractivity contribution is 0.216. The van der Waals surface area contributed by atoms with Crippen LogP contribution in [-0.2, 0) is 6.42 Å². The van der Waals surface area contributed by atoms with Crippen LogP contribution in [0.25, 0.3) is 0 Å². The molecule has 3 heteroatoms. The maximum absolute atomic E-state index is 5.98. The number of likely N-dealkylation sites (tertiary alicyclic amines) is 1. The van der Waals surface area contributed by atoms with Gasteiger partial charge < -0.3 is 15.5 Å². The third-order valence-electron chi connectivity index (χ3n) is 4.75. The summed E-state index contributed by atoms with van der Waals surface area (Å²) in [6.45, 7) is 8.23. The number of para-hydroxylation sites is 1. The second-order valence-electron chi connectivity index (χ2n) is 6.56. The standard InChI is InChI=1S/C17H27N3/c1-14-12-15-4-2-3-5-17(15)20(13-14)11-10-19-8-6-16(18)7-9-19/h2-5,14,16H,6-13,18H2,1H3. The van der Waals surface area contributed by atoms with Crippen molar-refractivity contribution in [3.05, 3.63) is 29.8 Å². The molecule has 0 saturated carbocycles. The van der Waals surface area contributed by atoms with Gasteiger partial charge in [0.05, 0.1) is 0 Å². The summed E-state index contributed by atoms with van der Waals surface area (Å²) in [5.74, 6) is 0.764. The van der Waals surface area contributed by atoms with Crippen molar-refractivity contribution < 1.29 is 0 Å². The van der Waals surface area contributed by atoms with Gasteiger partial charge in [-0.05, 0) is 49.9 Å². The number of hydrogen-bond donors (Lipinski definition) is 1. The number of piperidine rings is 1. The molecule has 1 atom stereocenters. The summed E-state index contributed by atoms with van der Waals surface area (Å²) >= 11 is 0. The molecule has 2 heterocycles. The highest BCUT2D eigenvalue weighted by Crippen LogP contribution is 2.29. The quantitative estimate of drug-likeness (QED) is 0.915. The topological polar surface area (TPSA) is 32.5 Å². The van der Waals surface area contributed by atoms with Crippen molar-refractivity contribution in [3.8, 4) is 0 Å². The summed E-state index contributed by atoms with van der Waals surface area (Å²) in [5.41, 5.74) is 8.96. The van der Waals surface area contributed by atoms with Gasteiger partial charge in [0.2, 0.25) is 0 Å². The largest absolute Gasteiger partial charge is 0.370 e. The Morgan fingerprint density at radius 3 is 2.70 bits per heavy atom. The lowest BCUT2D eigenvalue weighted by atomic mass is 9.94. The Hall–Kier alpha value is -1.06. The van der Waals surface area contributed by atoms with Crippen molar-refractivity contribution in [2.45, 2.75) is 32.2 Å². The highest BCUT2D eigenvalue weighted by Gasteiger charge is 2.22. The van der Waals surface area contributed by atoms with Gasteiger partial charge in [-0.25, -0.2) is 0 Å². The van der Waals surface area contributed by atoms with E-state index in [4.69, 9.17) is 5.73 Å². The molecule has 0 amide bonds. The molecule has 1 fully saturated rings. The predicted octanol–water partition coefficient (Wildman–Crippen LogP) is 2.11. The Kier molecular flexibility index (Phi) is 4.27. The maximum atomic E-state index is 5.98. The van der Waals surface area contributed by atoms with Crippen LogP contribution in [0.4, 0.5) is 5.69 Å². The molecule has 1 unspecified atom stereocenters. The van der Waals surface area contributed by atoms with Gasteiger partial charge in [0.25, 0.3) is 0 Å². The lowest BCUT2D eigenvalue weighted by Gasteiger charge is -2.37. The minimum Gasteiger partial charge on any atom is -0.370 e. The number of hydrogen-bond acceptors (Lipinski definition) is 3. The van der Waals surface area contributed by atoms with Crippen molar-refractivity contribution in [1.29, 1.82) is 0 Å². The van der Waals surface area contributed by atoms with Crippen molar-refractivity contribution in [3.63, 3.8) is 0 Å². The van der Waals surface area contributed by atoms with Gasteiger partial charge in [0.15, 0.2) is 0 Å². The second-order valence-corrected chi connectivity index (χ2v) is 6.56. The molecule has 2 aliphatic heterocycles. The molecular weight excluding hydrogens is 246 g/mol. The molecule has 3 rings (SSSR count). The average Bonchev–Trinajstić information content (AvgIpc) is 2.46. The van der Waals surface area contributed by atoms with E-state index in [9.17, 15) is 0 Å². The molecule has 1 aromatic rings. The summed E-state index contributed by atoms with van der Waals surface area (Å²) in [7, 11) is 0. The first-order valence-electron chi connectivity index (χ1n) is 8.03. The number of rotatable bonds is 3. The Morgan fingerprint density at radius 1 is 1.15 bits per heavy atom. The van der Waals surface area contributed by atoms with Crippen LogP contribution in [0.3, 0.4) is 0 Å². The molecule has 0 aliphatic carbocycles. The van der Waals surface area contributed by atoms with Gasteiger partial charge in [-0.1, -0.05) is 25.1 Å². The summed E-state index contributed by atoms with van der Waals surface area (Å²) < 4.78 is 0. The van der Waals surface area contributed by atoms with Crippen LogP contribution < -0.4 is 10.6 Å². The van der Waals surface area contributed by atoms with Crippen LogP contribution in [0.1, 0.15) is 25.3 Å². The number of nitrogens with two attached hydrogens (primary N) is 1. The van der Waals surface area contributed by atoms with Crippen LogP contribution in [-0.4, -0.2) is 43.7 Å². The number of anilines is 1. The fraction of sp³-hybridized carbons (Fsp3) is 0.647. The molecule has 0 bridgehead atoms. The molecule has 1 saturated heterocycles. The van der Waals surface area contributed by atoms with E-state index in [0.717, 1.165) is 25.3 Å². The molecule has 2 N–H and O–H groups in total. The van der Waals surface area contributed by atoms with E-state index in [2.05, 4.69) is 41.0 Å². The summed E-state index contributed by atoms with van der Waals surface area (Å²) in [6, 6.07) is 9.34. The number of benzene rings is 1. The SMILES string of the molecule is CC1Cc2ccccc2N(CCN2CCC(N)CC2)C1. The normalized spacial score (nSPS) is 24.7. The second kappa shape index (κ2) is 6.15. The average molecular weight is 273 g/mol. The highest BCUT2D eigenvalue weighted by atomic mass is 15.2. The minimum absolute atomic E-state index is 0.432. The van der Waals surface area contributed by atoms with E-state index in [1.807, 2.05) is 0 Å². The van der Waals surface area contributed by atoms with E-state index >= 15 is 0 Å². The first-order valence-corrected chi connectivity index (χ1v) is 8.03. The number of nitrogens with zero attached hydrogens (tertiary/aromatic N) is 2. The Balaban J connectivity index is 1.60. The Morgan fingerprint density at radius 2 is 1.90 bits per heavy atom. The Bertz CT molecular complexity index is 438. The van der Waals surface area contributed by atoms with Gasteiger partial charge in [-0.15, -0.1) is 0 Å². The van der Waals surface area contributed by atoms with Crippen molar-refractivity contribution in [2.75, 3.05) is 37.6 Å². The lowest BCUT2D eigenvalue weighted by Crippen LogP contribution is -2.44. The molecule has 1 aromatic carbocycles.